The first-order valence-corrected chi connectivity index (χ1v) is 7.19. The largest absolute Gasteiger partial charge is 0.468 e. The first-order valence-electron chi connectivity index (χ1n) is 7.19. The van der Waals surface area contributed by atoms with E-state index in [1.165, 1.54) is 20.0 Å². The molecule has 1 atom stereocenters. The predicted octanol–water partition coefficient (Wildman–Crippen LogP) is -0.223. The molecule has 0 saturated heterocycles. The molecule has 0 aromatic carbocycles. The highest BCUT2D eigenvalue weighted by Gasteiger charge is 2.29. The van der Waals surface area contributed by atoms with Gasteiger partial charge in [-0.2, -0.15) is 0 Å². The summed E-state index contributed by atoms with van der Waals surface area (Å²) in [4.78, 5) is 14.1. The molecule has 1 aromatic rings. The summed E-state index contributed by atoms with van der Waals surface area (Å²) >= 11 is 0. The van der Waals surface area contributed by atoms with Crippen LogP contribution in [-0.2, 0) is 22.6 Å². The first-order chi connectivity index (χ1) is 9.76. The lowest BCUT2D eigenvalue weighted by Crippen LogP contribution is -2.43. The molecule has 1 saturated carbocycles. The van der Waals surface area contributed by atoms with Crippen LogP contribution in [0.5, 0.6) is 0 Å². The minimum atomic E-state index is -0.188. The summed E-state index contributed by atoms with van der Waals surface area (Å²) in [7, 11) is 1.45. The Hall–Kier alpha value is -1.47. The van der Waals surface area contributed by atoms with Gasteiger partial charge in [0, 0.05) is 25.7 Å². The Labute approximate surface area is 118 Å². The summed E-state index contributed by atoms with van der Waals surface area (Å²) < 4.78 is 6.96. The van der Waals surface area contributed by atoms with Gasteiger partial charge in [0.25, 0.3) is 0 Å². The van der Waals surface area contributed by atoms with E-state index in [9.17, 15) is 4.79 Å². The third kappa shape index (κ3) is 3.16. The van der Waals surface area contributed by atoms with Gasteiger partial charge in [-0.1, -0.05) is 0 Å². The molecule has 110 valence electrons. The van der Waals surface area contributed by atoms with Crippen molar-refractivity contribution in [2.45, 2.75) is 44.4 Å². The average Bonchev–Trinajstić information content (AvgIpc) is 3.17. The molecule has 20 heavy (non-hydrogen) atoms. The van der Waals surface area contributed by atoms with E-state index in [1.54, 1.807) is 6.33 Å². The Balaban J connectivity index is 1.51. The Morgan fingerprint density at radius 2 is 2.40 bits per heavy atom. The quantitative estimate of drug-likeness (QED) is 0.726. The van der Waals surface area contributed by atoms with Crippen LogP contribution in [0, 0.1) is 0 Å². The van der Waals surface area contributed by atoms with Gasteiger partial charge >= 0.3 is 5.97 Å². The molecule has 1 fully saturated rings. The monoisotopic (exact) mass is 279 g/mol. The van der Waals surface area contributed by atoms with Crippen LogP contribution in [0.1, 0.15) is 25.1 Å². The number of methoxy groups -OCH3 is 1. The fourth-order valence-electron chi connectivity index (χ4n) is 2.56. The van der Waals surface area contributed by atoms with E-state index >= 15 is 0 Å². The molecule has 7 heteroatoms. The van der Waals surface area contributed by atoms with E-state index < -0.39 is 0 Å². The molecular formula is C13H21N5O2. The third-order valence-electron chi connectivity index (χ3n) is 3.95. The van der Waals surface area contributed by atoms with E-state index in [2.05, 4.69) is 25.0 Å². The van der Waals surface area contributed by atoms with E-state index in [4.69, 9.17) is 4.74 Å². The maximum Gasteiger partial charge on any atom is 0.322 e. The third-order valence-corrected chi connectivity index (χ3v) is 3.95. The highest BCUT2D eigenvalue weighted by Crippen LogP contribution is 2.20. The molecule has 1 aromatic heterocycles. The van der Waals surface area contributed by atoms with Crippen LogP contribution >= 0.6 is 0 Å². The van der Waals surface area contributed by atoms with Gasteiger partial charge in [0.15, 0.2) is 0 Å². The summed E-state index contributed by atoms with van der Waals surface area (Å²) in [6, 6.07) is 0.316. The van der Waals surface area contributed by atoms with Gasteiger partial charge in [-0.15, -0.1) is 10.2 Å². The van der Waals surface area contributed by atoms with Crippen LogP contribution in [0.15, 0.2) is 6.33 Å². The van der Waals surface area contributed by atoms with Crippen LogP contribution in [0.2, 0.25) is 0 Å². The van der Waals surface area contributed by atoms with Gasteiger partial charge in [-0.25, -0.2) is 0 Å². The van der Waals surface area contributed by atoms with Gasteiger partial charge in [0.05, 0.1) is 13.7 Å². The normalized spacial score (nSPS) is 20.4. The summed E-state index contributed by atoms with van der Waals surface area (Å²) in [5.74, 6) is 0.845. The lowest BCUT2D eigenvalue weighted by atomic mass is 10.2. The highest BCUT2D eigenvalue weighted by atomic mass is 16.5. The minimum Gasteiger partial charge on any atom is -0.468 e. The molecule has 3 rings (SSSR count). The molecule has 1 N–H and O–H groups in total. The van der Waals surface area contributed by atoms with Crippen molar-refractivity contribution >= 4 is 5.97 Å². The van der Waals surface area contributed by atoms with Crippen molar-refractivity contribution in [1.29, 1.82) is 0 Å². The lowest BCUT2D eigenvalue weighted by molar-refractivity contribution is -0.143. The first kappa shape index (κ1) is 13.5. The Kier molecular flexibility index (Phi) is 3.98. The molecule has 2 aliphatic rings. The smallest absolute Gasteiger partial charge is 0.322 e. The maximum absolute atomic E-state index is 11.8. The SMILES string of the molecule is COC(=O)C(CCN1CCn2cnnc2C1)NC1CC1. The van der Waals surface area contributed by atoms with Crippen molar-refractivity contribution in [2.24, 2.45) is 0 Å². The second-order valence-electron chi connectivity index (χ2n) is 5.52. The second-order valence-corrected chi connectivity index (χ2v) is 5.52. The number of hydrogen-bond donors (Lipinski definition) is 1. The zero-order valence-electron chi connectivity index (χ0n) is 11.8. The van der Waals surface area contributed by atoms with Crippen LogP contribution in [0.3, 0.4) is 0 Å². The van der Waals surface area contributed by atoms with Crippen molar-refractivity contribution in [3.05, 3.63) is 12.2 Å². The van der Waals surface area contributed by atoms with Crippen molar-refractivity contribution in [3.8, 4) is 0 Å². The van der Waals surface area contributed by atoms with Crippen LogP contribution in [0.4, 0.5) is 0 Å². The number of carbonyl (C=O) groups is 1. The number of fused-ring (bicyclic) bond motifs is 1. The second kappa shape index (κ2) is 5.88. The summed E-state index contributed by atoms with van der Waals surface area (Å²) in [5.41, 5.74) is 0. The molecule has 7 nitrogen and oxygen atoms in total. The Morgan fingerprint density at radius 1 is 1.55 bits per heavy atom. The van der Waals surface area contributed by atoms with Crippen molar-refractivity contribution in [1.82, 2.24) is 25.0 Å². The number of carbonyl (C=O) groups excluding carboxylic acids is 1. The number of esters is 1. The van der Waals surface area contributed by atoms with E-state index in [0.29, 0.717) is 6.04 Å². The fourth-order valence-corrected chi connectivity index (χ4v) is 2.56. The number of nitrogens with one attached hydrogen (secondary N) is 1. The van der Waals surface area contributed by atoms with Crippen LogP contribution in [-0.4, -0.2) is 57.9 Å². The molecule has 0 bridgehead atoms. The number of rotatable bonds is 6. The molecule has 0 radical (unpaired) electrons. The zero-order chi connectivity index (χ0) is 13.9. The predicted molar refractivity (Wildman–Crippen MR) is 71.9 cm³/mol. The molecule has 1 unspecified atom stereocenters. The fraction of sp³-hybridized carbons (Fsp3) is 0.769. The molecule has 1 aliphatic carbocycles. The molecule has 2 heterocycles. The topological polar surface area (TPSA) is 72.3 Å². The Morgan fingerprint density at radius 3 is 3.15 bits per heavy atom. The standard InChI is InChI=1S/C13H21N5O2/c1-20-13(19)11(15-10-2-3-10)4-5-17-6-7-18-9-14-16-12(18)8-17/h9-11,15H,2-8H2,1H3. The number of hydrogen-bond acceptors (Lipinski definition) is 6. The van der Waals surface area contributed by atoms with E-state index in [-0.39, 0.29) is 12.0 Å². The number of ether oxygens (including phenoxy) is 1. The van der Waals surface area contributed by atoms with Crippen molar-refractivity contribution in [3.63, 3.8) is 0 Å². The van der Waals surface area contributed by atoms with Gasteiger partial charge in [0.2, 0.25) is 0 Å². The maximum atomic E-state index is 11.8. The van der Waals surface area contributed by atoms with E-state index in [1.807, 2.05) is 0 Å². The van der Waals surface area contributed by atoms with E-state index in [0.717, 1.165) is 38.4 Å². The van der Waals surface area contributed by atoms with Crippen molar-refractivity contribution < 1.29 is 9.53 Å². The number of nitrogens with zero attached hydrogens (tertiary/aromatic N) is 4. The van der Waals surface area contributed by atoms with Gasteiger partial charge in [0.1, 0.15) is 18.2 Å². The lowest BCUT2D eigenvalue weighted by Gasteiger charge is -2.28. The summed E-state index contributed by atoms with van der Waals surface area (Å²) in [5, 5.41) is 11.4. The van der Waals surface area contributed by atoms with Crippen LogP contribution < -0.4 is 5.32 Å². The summed E-state index contributed by atoms with van der Waals surface area (Å²) in [6.07, 6.45) is 4.89. The molecule has 1 aliphatic heterocycles. The van der Waals surface area contributed by atoms with Crippen molar-refractivity contribution in [2.75, 3.05) is 20.2 Å². The molecule has 0 amide bonds. The average molecular weight is 279 g/mol. The zero-order valence-corrected chi connectivity index (χ0v) is 11.8. The highest BCUT2D eigenvalue weighted by molar-refractivity contribution is 5.75. The minimum absolute atomic E-state index is 0.155. The van der Waals surface area contributed by atoms with Gasteiger partial charge in [-0.05, 0) is 19.3 Å². The number of aromatic nitrogens is 3. The Bertz CT molecular complexity index is 471. The molecular weight excluding hydrogens is 258 g/mol. The van der Waals surface area contributed by atoms with Crippen LogP contribution in [0.25, 0.3) is 0 Å². The van der Waals surface area contributed by atoms with Gasteiger partial charge < -0.3 is 14.6 Å². The molecule has 0 spiro atoms. The summed E-state index contributed by atoms with van der Waals surface area (Å²) in [6.45, 7) is 3.56. The van der Waals surface area contributed by atoms with Gasteiger partial charge in [-0.3, -0.25) is 9.69 Å².